The van der Waals surface area contributed by atoms with Gasteiger partial charge in [0.25, 0.3) is 0 Å². The Morgan fingerprint density at radius 1 is 1.44 bits per heavy atom. The summed E-state index contributed by atoms with van der Waals surface area (Å²) in [5.41, 5.74) is -1.36. The number of carboxylic acid groups (broad SMARTS) is 1. The maximum absolute atomic E-state index is 13.1. The van der Waals surface area contributed by atoms with E-state index < -0.39 is 23.2 Å². The fourth-order valence-electron chi connectivity index (χ4n) is 1.57. The summed E-state index contributed by atoms with van der Waals surface area (Å²) in [5.74, 6) is -2.28. The molecule has 0 aromatic heterocycles. The molecule has 0 spiro atoms. The minimum Gasteiger partial charge on any atom is -0.479 e. The summed E-state index contributed by atoms with van der Waals surface area (Å²) in [6, 6.07) is 3.59. The Morgan fingerprint density at radius 2 is 2.00 bits per heavy atom. The minimum absolute atomic E-state index is 0.183. The van der Waals surface area contributed by atoms with E-state index in [-0.39, 0.29) is 10.6 Å². The van der Waals surface area contributed by atoms with Crippen molar-refractivity contribution in [2.75, 3.05) is 7.05 Å². The van der Waals surface area contributed by atoms with Crippen LogP contribution in [0.4, 0.5) is 4.39 Å². The molecule has 0 bridgehead atoms. The molecular weight excluding hydrogens is 261 g/mol. The maximum atomic E-state index is 13.1. The molecule has 1 amide bonds. The Hall–Kier alpha value is -1.62. The number of benzene rings is 1. The Bertz CT molecular complexity index is 506. The van der Waals surface area contributed by atoms with Gasteiger partial charge in [0, 0.05) is 14.0 Å². The lowest BCUT2D eigenvalue weighted by Crippen LogP contribution is -2.49. The summed E-state index contributed by atoms with van der Waals surface area (Å²) in [6.45, 7) is 2.62. The van der Waals surface area contributed by atoms with Crippen LogP contribution < -0.4 is 0 Å². The SMILES string of the molecule is CC(=O)N(C)C(C)(C(=O)O)c1ccc(F)c(Cl)c1. The molecule has 0 radical (unpaired) electrons. The van der Waals surface area contributed by atoms with Crippen LogP contribution in [0.15, 0.2) is 18.2 Å². The molecule has 0 aliphatic heterocycles. The first-order valence-electron chi connectivity index (χ1n) is 5.14. The van der Waals surface area contributed by atoms with Crippen molar-refractivity contribution in [3.8, 4) is 0 Å². The van der Waals surface area contributed by atoms with Gasteiger partial charge >= 0.3 is 5.97 Å². The highest BCUT2D eigenvalue weighted by Gasteiger charge is 2.41. The third-order valence-electron chi connectivity index (χ3n) is 3.04. The summed E-state index contributed by atoms with van der Waals surface area (Å²) in [4.78, 5) is 23.9. The zero-order valence-electron chi connectivity index (χ0n) is 10.2. The Morgan fingerprint density at radius 3 is 2.39 bits per heavy atom. The zero-order valence-corrected chi connectivity index (χ0v) is 11.0. The fourth-order valence-corrected chi connectivity index (χ4v) is 1.75. The van der Waals surface area contributed by atoms with Gasteiger partial charge in [0.1, 0.15) is 5.82 Å². The van der Waals surface area contributed by atoms with Crippen LogP contribution in [-0.2, 0) is 15.1 Å². The Labute approximate surface area is 109 Å². The predicted octanol–water partition coefficient (Wildman–Crippen LogP) is 2.26. The summed E-state index contributed by atoms with van der Waals surface area (Å²) < 4.78 is 13.1. The van der Waals surface area contributed by atoms with E-state index in [0.29, 0.717) is 0 Å². The minimum atomic E-state index is -1.59. The van der Waals surface area contributed by atoms with E-state index in [9.17, 15) is 19.1 Å². The number of amides is 1. The molecule has 1 aromatic rings. The van der Waals surface area contributed by atoms with Crippen molar-refractivity contribution in [1.82, 2.24) is 4.90 Å². The second-order valence-corrected chi connectivity index (χ2v) is 4.49. The van der Waals surface area contributed by atoms with Crippen LogP contribution in [0.5, 0.6) is 0 Å². The highest BCUT2D eigenvalue weighted by atomic mass is 35.5. The van der Waals surface area contributed by atoms with Gasteiger partial charge in [0.2, 0.25) is 5.91 Å². The Balaban J connectivity index is 3.40. The van der Waals surface area contributed by atoms with Gasteiger partial charge in [-0.05, 0) is 24.6 Å². The molecule has 1 aromatic carbocycles. The highest BCUT2D eigenvalue weighted by Crippen LogP contribution is 2.30. The number of likely N-dealkylation sites (N-methyl/N-ethyl adjacent to an activating group) is 1. The van der Waals surface area contributed by atoms with E-state index in [1.165, 1.54) is 33.0 Å². The van der Waals surface area contributed by atoms with E-state index in [1.807, 2.05) is 0 Å². The quantitative estimate of drug-likeness (QED) is 0.919. The van der Waals surface area contributed by atoms with Crippen molar-refractivity contribution in [1.29, 1.82) is 0 Å². The topological polar surface area (TPSA) is 57.6 Å². The lowest BCUT2D eigenvalue weighted by atomic mass is 9.90. The van der Waals surface area contributed by atoms with Gasteiger partial charge in [-0.15, -0.1) is 0 Å². The summed E-state index contributed by atoms with van der Waals surface area (Å²) in [5, 5.41) is 9.15. The fraction of sp³-hybridized carbons (Fsp3) is 0.333. The molecule has 18 heavy (non-hydrogen) atoms. The maximum Gasteiger partial charge on any atom is 0.334 e. The second kappa shape index (κ2) is 4.94. The highest BCUT2D eigenvalue weighted by molar-refractivity contribution is 6.30. The monoisotopic (exact) mass is 273 g/mol. The molecule has 0 saturated carbocycles. The number of carbonyl (C=O) groups is 2. The molecule has 1 atom stereocenters. The average molecular weight is 274 g/mol. The molecule has 0 saturated heterocycles. The summed E-state index contributed by atoms with van der Waals surface area (Å²) >= 11 is 5.64. The van der Waals surface area contributed by atoms with Gasteiger partial charge in [-0.25, -0.2) is 9.18 Å². The van der Waals surface area contributed by atoms with Crippen LogP contribution in [0.2, 0.25) is 5.02 Å². The first kappa shape index (κ1) is 14.4. The van der Waals surface area contributed by atoms with Gasteiger partial charge in [0.05, 0.1) is 5.02 Å². The Kier molecular flexibility index (Phi) is 3.96. The molecule has 1 N–H and O–H groups in total. The number of nitrogens with zero attached hydrogens (tertiary/aromatic N) is 1. The van der Waals surface area contributed by atoms with Gasteiger partial charge in [-0.3, -0.25) is 4.79 Å². The van der Waals surface area contributed by atoms with Gasteiger partial charge in [-0.2, -0.15) is 0 Å². The van der Waals surface area contributed by atoms with Crippen LogP contribution in [0.3, 0.4) is 0 Å². The van der Waals surface area contributed by atoms with E-state index in [2.05, 4.69) is 0 Å². The predicted molar refractivity (Wildman–Crippen MR) is 64.8 cm³/mol. The number of carbonyl (C=O) groups excluding carboxylic acids is 1. The van der Waals surface area contributed by atoms with E-state index in [0.717, 1.165) is 11.0 Å². The van der Waals surface area contributed by atoms with Crippen LogP contribution in [0, 0.1) is 5.82 Å². The largest absolute Gasteiger partial charge is 0.479 e. The molecule has 0 fully saturated rings. The van der Waals surface area contributed by atoms with Crippen LogP contribution in [0.1, 0.15) is 19.4 Å². The standard InChI is InChI=1S/C12H13ClFNO3/c1-7(16)15(3)12(2,11(17)18)8-4-5-10(14)9(13)6-8/h4-6H,1-3H3,(H,17,18). The lowest BCUT2D eigenvalue weighted by molar-refractivity contribution is -0.156. The number of halogens is 2. The molecule has 98 valence electrons. The number of hydrogen-bond acceptors (Lipinski definition) is 2. The zero-order chi connectivity index (χ0) is 14.1. The normalized spacial score (nSPS) is 13.8. The van der Waals surface area contributed by atoms with E-state index in [1.54, 1.807) is 0 Å². The molecule has 0 heterocycles. The molecule has 1 rings (SSSR count). The molecule has 4 nitrogen and oxygen atoms in total. The molecule has 0 aliphatic rings. The van der Waals surface area contributed by atoms with Crippen LogP contribution in [-0.4, -0.2) is 28.9 Å². The van der Waals surface area contributed by atoms with Crippen molar-refractivity contribution < 1.29 is 19.1 Å². The van der Waals surface area contributed by atoms with Crippen molar-refractivity contribution >= 4 is 23.5 Å². The molecule has 1 unspecified atom stereocenters. The average Bonchev–Trinajstić information content (AvgIpc) is 2.30. The number of rotatable bonds is 3. The first-order valence-corrected chi connectivity index (χ1v) is 5.52. The third kappa shape index (κ3) is 2.31. The van der Waals surface area contributed by atoms with Gasteiger partial charge in [-0.1, -0.05) is 17.7 Å². The number of hydrogen-bond donors (Lipinski definition) is 1. The summed E-state index contributed by atoms with van der Waals surface area (Å²) in [6.07, 6.45) is 0. The van der Waals surface area contributed by atoms with Crippen molar-refractivity contribution in [3.63, 3.8) is 0 Å². The molecule has 0 aliphatic carbocycles. The van der Waals surface area contributed by atoms with E-state index in [4.69, 9.17) is 11.6 Å². The number of carboxylic acids is 1. The van der Waals surface area contributed by atoms with Crippen molar-refractivity contribution in [2.45, 2.75) is 19.4 Å². The van der Waals surface area contributed by atoms with E-state index >= 15 is 0 Å². The van der Waals surface area contributed by atoms with Gasteiger partial charge in [0.15, 0.2) is 5.54 Å². The lowest BCUT2D eigenvalue weighted by Gasteiger charge is -2.34. The second-order valence-electron chi connectivity index (χ2n) is 4.08. The first-order chi connectivity index (χ1) is 8.21. The smallest absolute Gasteiger partial charge is 0.334 e. The van der Waals surface area contributed by atoms with Crippen molar-refractivity contribution in [3.05, 3.63) is 34.6 Å². The number of aliphatic carboxylic acids is 1. The third-order valence-corrected chi connectivity index (χ3v) is 3.33. The molecular formula is C12H13ClFNO3. The summed E-state index contributed by atoms with van der Waals surface area (Å²) in [7, 11) is 1.37. The van der Waals surface area contributed by atoms with Crippen LogP contribution in [0.25, 0.3) is 0 Å². The van der Waals surface area contributed by atoms with Gasteiger partial charge < -0.3 is 10.0 Å². The van der Waals surface area contributed by atoms with Crippen molar-refractivity contribution in [2.24, 2.45) is 0 Å². The van der Waals surface area contributed by atoms with Crippen LogP contribution >= 0.6 is 11.6 Å². The molecule has 6 heteroatoms.